The molecule has 6 nitrogen and oxygen atoms in total. The first-order valence-corrected chi connectivity index (χ1v) is 10.0. The fraction of sp³-hybridized carbons (Fsp3) is 0.304. The van der Waals surface area contributed by atoms with Gasteiger partial charge in [0.05, 0.1) is 20.2 Å². The minimum Gasteiger partial charge on any atom is -0.497 e. The highest BCUT2D eigenvalue weighted by molar-refractivity contribution is 6.19. The molecule has 2 amide bonds. The number of anilines is 1. The Morgan fingerprint density at radius 1 is 0.931 bits per heavy atom. The number of hydrogen-bond acceptors (Lipinski definition) is 4. The normalized spacial score (nSPS) is 18.5. The summed E-state index contributed by atoms with van der Waals surface area (Å²) in [4.78, 5) is 25.6. The molecule has 6 heteroatoms. The number of carbonyl (C=O) groups is 2. The Balaban J connectivity index is 1.74. The number of likely N-dealkylation sites (tertiary alicyclic amines) is 1. The van der Waals surface area contributed by atoms with Crippen LogP contribution in [0.25, 0.3) is 0 Å². The molecule has 0 spiro atoms. The number of imide groups is 1. The van der Waals surface area contributed by atoms with Gasteiger partial charge >= 0.3 is 5.91 Å². The third-order valence-corrected chi connectivity index (χ3v) is 5.74. The Labute approximate surface area is 170 Å². The van der Waals surface area contributed by atoms with Crippen molar-refractivity contribution in [3.63, 3.8) is 0 Å². The molecule has 2 aliphatic rings. The summed E-state index contributed by atoms with van der Waals surface area (Å²) in [5.41, 5.74) is 2.84. The Morgan fingerprint density at radius 3 is 2.28 bits per heavy atom. The van der Waals surface area contributed by atoms with E-state index in [1.807, 2.05) is 54.6 Å². The molecule has 0 radical (unpaired) electrons. The summed E-state index contributed by atoms with van der Waals surface area (Å²) in [6.45, 7) is 2.34. The van der Waals surface area contributed by atoms with Crippen LogP contribution in [-0.4, -0.2) is 36.5 Å². The van der Waals surface area contributed by atoms with Crippen LogP contribution in [0.4, 0.5) is 5.69 Å². The molecule has 150 valence electrons. The Hall–Kier alpha value is -3.12. The van der Waals surface area contributed by atoms with E-state index in [9.17, 15) is 9.59 Å². The lowest BCUT2D eigenvalue weighted by Gasteiger charge is -2.41. The van der Waals surface area contributed by atoms with E-state index >= 15 is 0 Å². The number of benzene rings is 2. The molecule has 0 atom stereocenters. The second-order valence-electron chi connectivity index (χ2n) is 7.66. The predicted octanol–water partition coefficient (Wildman–Crippen LogP) is 3.18. The number of carbonyl (C=O) groups excluding carboxylic acids is 2. The molecule has 2 N–H and O–H groups in total. The SMILES string of the molecule is COc1ccc(C[N+]2(C3=C(Nc4ccccc4)C(=O)NC3=O)CCCCC2)cc1. The lowest BCUT2D eigenvalue weighted by Crippen LogP contribution is -2.52. The van der Waals surface area contributed by atoms with Crippen LogP contribution in [0.1, 0.15) is 24.8 Å². The van der Waals surface area contributed by atoms with Gasteiger partial charge < -0.3 is 10.1 Å². The average molecular weight is 392 g/mol. The summed E-state index contributed by atoms with van der Waals surface area (Å²) < 4.78 is 5.75. The van der Waals surface area contributed by atoms with Crippen LogP contribution in [0.2, 0.25) is 0 Å². The molecule has 0 aromatic heterocycles. The van der Waals surface area contributed by atoms with Gasteiger partial charge in [-0.05, 0) is 55.7 Å². The van der Waals surface area contributed by atoms with Gasteiger partial charge in [-0.15, -0.1) is 0 Å². The second-order valence-corrected chi connectivity index (χ2v) is 7.66. The van der Waals surface area contributed by atoms with Gasteiger partial charge in [-0.3, -0.25) is 19.4 Å². The largest absolute Gasteiger partial charge is 0.497 e. The highest BCUT2D eigenvalue weighted by Crippen LogP contribution is 2.34. The monoisotopic (exact) mass is 392 g/mol. The molecule has 0 saturated carbocycles. The maximum Gasteiger partial charge on any atom is 0.314 e. The summed E-state index contributed by atoms with van der Waals surface area (Å²) in [7, 11) is 1.65. The first kappa shape index (κ1) is 19.2. The molecule has 1 fully saturated rings. The van der Waals surface area contributed by atoms with E-state index in [0.29, 0.717) is 22.4 Å². The van der Waals surface area contributed by atoms with Gasteiger partial charge in [-0.25, -0.2) is 0 Å². The number of amides is 2. The molecule has 0 aliphatic carbocycles. The Morgan fingerprint density at radius 2 is 1.62 bits per heavy atom. The first-order valence-electron chi connectivity index (χ1n) is 10.0. The minimum atomic E-state index is -0.355. The van der Waals surface area contributed by atoms with Crippen LogP contribution < -0.4 is 15.4 Å². The van der Waals surface area contributed by atoms with E-state index < -0.39 is 0 Å². The molecule has 2 aromatic carbocycles. The predicted molar refractivity (Wildman–Crippen MR) is 111 cm³/mol. The maximum atomic E-state index is 12.9. The maximum absolute atomic E-state index is 12.9. The molecule has 2 aromatic rings. The fourth-order valence-corrected chi connectivity index (χ4v) is 4.34. The molecule has 0 unspecified atom stereocenters. The number of nitrogens with zero attached hydrogens (tertiary/aromatic N) is 1. The van der Waals surface area contributed by atoms with E-state index in [2.05, 4.69) is 10.6 Å². The number of ether oxygens (including phenoxy) is 1. The molecule has 0 bridgehead atoms. The Bertz CT molecular complexity index is 930. The smallest absolute Gasteiger partial charge is 0.314 e. The van der Waals surface area contributed by atoms with Crippen molar-refractivity contribution >= 4 is 17.5 Å². The van der Waals surface area contributed by atoms with E-state index in [0.717, 1.165) is 49.4 Å². The zero-order valence-corrected chi connectivity index (χ0v) is 16.6. The molecule has 4 rings (SSSR count). The van der Waals surface area contributed by atoms with Gasteiger partial charge in [0.25, 0.3) is 5.91 Å². The van der Waals surface area contributed by atoms with Crippen LogP contribution in [-0.2, 0) is 16.1 Å². The first-order chi connectivity index (χ1) is 14.1. The van der Waals surface area contributed by atoms with Crippen molar-refractivity contribution < 1.29 is 18.8 Å². The number of methoxy groups -OCH3 is 1. The van der Waals surface area contributed by atoms with Crippen molar-refractivity contribution in [2.75, 3.05) is 25.5 Å². The van der Waals surface area contributed by atoms with E-state index in [1.54, 1.807) is 7.11 Å². The van der Waals surface area contributed by atoms with Crippen LogP contribution in [0.5, 0.6) is 5.75 Å². The zero-order valence-electron chi connectivity index (χ0n) is 16.6. The lowest BCUT2D eigenvalue weighted by molar-refractivity contribution is -0.905. The highest BCUT2D eigenvalue weighted by Gasteiger charge is 2.47. The van der Waals surface area contributed by atoms with Crippen LogP contribution in [0.15, 0.2) is 66.0 Å². The number of para-hydroxylation sites is 1. The molecule has 2 heterocycles. The quantitative estimate of drug-likeness (QED) is 0.585. The van der Waals surface area contributed by atoms with Crippen LogP contribution in [0.3, 0.4) is 0 Å². The van der Waals surface area contributed by atoms with Crippen molar-refractivity contribution in [3.05, 3.63) is 71.6 Å². The second kappa shape index (κ2) is 8.09. The topological polar surface area (TPSA) is 67.4 Å². The van der Waals surface area contributed by atoms with E-state index in [-0.39, 0.29) is 11.8 Å². The molecule has 29 heavy (non-hydrogen) atoms. The molecular formula is C23H26N3O3+. The molecule has 1 saturated heterocycles. The van der Waals surface area contributed by atoms with E-state index in [4.69, 9.17) is 4.74 Å². The Kier molecular flexibility index (Phi) is 5.36. The van der Waals surface area contributed by atoms with Crippen molar-refractivity contribution in [2.45, 2.75) is 25.8 Å². The fourth-order valence-electron chi connectivity index (χ4n) is 4.34. The van der Waals surface area contributed by atoms with Crippen LogP contribution in [0, 0.1) is 0 Å². The van der Waals surface area contributed by atoms with E-state index in [1.165, 1.54) is 0 Å². The van der Waals surface area contributed by atoms with Gasteiger partial charge in [0.1, 0.15) is 12.3 Å². The van der Waals surface area contributed by atoms with Crippen molar-refractivity contribution in [2.24, 2.45) is 0 Å². The molecule has 2 aliphatic heterocycles. The van der Waals surface area contributed by atoms with Crippen molar-refractivity contribution in [1.29, 1.82) is 0 Å². The third kappa shape index (κ3) is 3.89. The van der Waals surface area contributed by atoms with Gasteiger partial charge in [0, 0.05) is 11.3 Å². The van der Waals surface area contributed by atoms with Crippen molar-refractivity contribution in [3.8, 4) is 5.75 Å². The number of rotatable bonds is 6. The summed E-state index contributed by atoms with van der Waals surface area (Å²) in [5, 5.41) is 5.72. The zero-order chi connectivity index (χ0) is 20.3. The van der Waals surface area contributed by atoms with Crippen molar-refractivity contribution in [1.82, 2.24) is 5.32 Å². The average Bonchev–Trinajstić information content (AvgIpc) is 3.03. The standard InChI is InChI=1S/C23H25N3O3/c1-29-19-12-10-17(11-13-19)16-26(14-6-3-7-15-26)21-20(22(27)25-23(21)28)24-18-8-4-2-5-9-18/h2,4-5,8-13H,3,6-7,14-16H2,1H3,(H-,24,25,27,28)/p+1. The number of piperidine rings is 1. The van der Waals surface area contributed by atoms with Gasteiger partial charge in [0.15, 0.2) is 5.70 Å². The summed E-state index contributed by atoms with van der Waals surface area (Å²) >= 11 is 0. The third-order valence-electron chi connectivity index (χ3n) is 5.74. The summed E-state index contributed by atoms with van der Waals surface area (Å²) in [6, 6.07) is 17.5. The highest BCUT2D eigenvalue weighted by atomic mass is 16.5. The minimum absolute atomic E-state index is 0.288. The lowest BCUT2D eigenvalue weighted by atomic mass is 10.0. The van der Waals surface area contributed by atoms with Gasteiger partial charge in [0.2, 0.25) is 5.70 Å². The van der Waals surface area contributed by atoms with Gasteiger partial charge in [-0.2, -0.15) is 0 Å². The summed E-state index contributed by atoms with van der Waals surface area (Å²) in [6.07, 6.45) is 3.20. The number of nitrogens with one attached hydrogen (secondary N) is 2. The molecular weight excluding hydrogens is 366 g/mol. The number of quaternary nitrogens is 1. The summed E-state index contributed by atoms with van der Waals surface area (Å²) in [5.74, 6) is 0.161. The van der Waals surface area contributed by atoms with Gasteiger partial charge in [-0.1, -0.05) is 18.2 Å². The number of hydrogen-bond donors (Lipinski definition) is 2. The van der Waals surface area contributed by atoms with Crippen LogP contribution >= 0.6 is 0 Å².